The lowest BCUT2D eigenvalue weighted by atomic mass is 10.1. The molecule has 0 unspecified atom stereocenters. The average molecular weight is 419 g/mol. The summed E-state index contributed by atoms with van der Waals surface area (Å²) in [6, 6.07) is 7.63. The normalized spacial score (nSPS) is 11.4. The smallest absolute Gasteiger partial charge is 0.321 e. The zero-order valence-electron chi connectivity index (χ0n) is 15.6. The van der Waals surface area contributed by atoms with Crippen LogP contribution in [0.5, 0.6) is 0 Å². The number of amides is 3. The topological polar surface area (TPSA) is 84.0 Å². The first-order chi connectivity index (χ1) is 13.2. The number of urea groups is 1. The van der Waals surface area contributed by atoms with E-state index in [1.165, 1.54) is 41.6 Å². The minimum absolute atomic E-state index is 0.0491. The molecule has 0 fully saturated rings. The number of aromatic nitrogens is 2. The summed E-state index contributed by atoms with van der Waals surface area (Å²) in [4.78, 5) is 33.3. The summed E-state index contributed by atoms with van der Waals surface area (Å²) in [6.45, 7) is 5.50. The SMILES string of the molecule is CC(C)(C)NC(=O)NC(=O)CSc1ncnc2cc(-c3ccc(F)cc3)sc12. The van der Waals surface area contributed by atoms with E-state index in [1.807, 2.05) is 26.8 Å². The third kappa shape index (κ3) is 5.26. The Morgan fingerprint density at radius 2 is 1.89 bits per heavy atom. The first-order valence-corrected chi connectivity index (χ1v) is 10.3. The second-order valence-corrected chi connectivity index (χ2v) is 9.07. The minimum atomic E-state index is -0.527. The number of thiophene rings is 1. The Morgan fingerprint density at radius 3 is 2.57 bits per heavy atom. The van der Waals surface area contributed by atoms with Crippen LogP contribution in [0.2, 0.25) is 0 Å². The van der Waals surface area contributed by atoms with Gasteiger partial charge in [-0.05, 0) is 44.5 Å². The molecule has 3 amide bonds. The van der Waals surface area contributed by atoms with Crippen molar-refractivity contribution in [1.82, 2.24) is 20.6 Å². The lowest BCUT2D eigenvalue weighted by Crippen LogP contribution is -2.48. The molecule has 3 aromatic rings. The number of carbonyl (C=O) groups is 2. The molecule has 1 aromatic carbocycles. The highest BCUT2D eigenvalue weighted by Crippen LogP contribution is 2.36. The van der Waals surface area contributed by atoms with Crippen LogP contribution in [0.25, 0.3) is 20.7 Å². The van der Waals surface area contributed by atoms with Crippen LogP contribution in [0.15, 0.2) is 41.7 Å². The van der Waals surface area contributed by atoms with E-state index in [9.17, 15) is 14.0 Å². The van der Waals surface area contributed by atoms with Gasteiger partial charge in [0.05, 0.1) is 16.0 Å². The van der Waals surface area contributed by atoms with Crippen molar-refractivity contribution in [3.8, 4) is 10.4 Å². The number of hydrogen-bond acceptors (Lipinski definition) is 6. The second kappa shape index (κ2) is 8.24. The molecule has 146 valence electrons. The quantitative estimate of drug-likeness (QED) is 0.490. The number of fused-ring (bicyclic) bond motifs is 1. The zero-order chi connectivity index (χ0) is 20.3. The van der Waals surface area contributed by atoms with Crippen molar-refractivity contribution in [3.63, 3.8) is 0 Å². The number of halogens is 1. The lowest BCUT2D eigenvalue weighted by molar-refractivity contribution is -0.117. The van der Waals surface area contributed by atoms with Crippen LogP contribution in [0.1, 0.15) is 20.8 Å². The molecule has 3 rings (SSSR count). The van der Waals surface area contributed by atoms with Gasteiger partial charge >= 0.3 is 6.03 Å². The van der Waals surface area contributed by atoms with Gasteiger partial charge in [-0.1, -0.05) is 23.9 Å². The van der Waals surface area contributed by atoms with Crippen molar-refractivity contribution >= 4 is 45.3 Å². The van der Waals surface area contributed by atoms with E-state index in [2.05, 4.69) is 20.6 Å². The van der Waals surface area contributed by atoms with Gasteiger partial charge in [-0.2, -0.15) is 0 Å². The van der Waals surface area contributed by atoms with Gasteiger partial charge in [0, 0.05) is 10.4 Å². The van der Waals surface area contributed by atoms with E-state index < -0.39 is 17.5 Å². The molecule has 2 aromatic heterocycles. The Morgan fingerprint density at radius 1 is 1.18 bits per heavy atom. The molecular formula is C19H19FN4O2S2. The first-order valence-electron chi connectivity index (χ1n) is 8.46. The fraction of sp³-hybridized carbons (Fsp3) is 0.263. The second-order valence-electron chi connectivity index (χ2n) is 7.05. The molecule has 0 aliphatic carbocycles. The Kier molecular flexibility index (Phi) is 5.95. The molecule has 0 bridgehead atoms. The zero-order valence-corrected chi connectivity index (χ0v) is 17.2. The summed E-state index contributed by atoms with van der Waals surface area (Å²) >= 11 is 2.71. The Hall–Kier alpha value is -2.52. The standard InChI is InChI=1S/C19H19FN4O2S2/c1-19(2,3)24-18(26)23-15(25)9-27-17-16-13(21-10-22-17)8-14(28-16)11-4-6-12(20)7-5-11/h4-8,10H,9H2,1-3H3,(H2,23,24,25,26). The molecule has 2 N–H and O–H groups in total. The number of benzene rings is 1. The molecule has 6 nitrogen and oxygen atoms in total. The van der Waals surface area contributed by atoms with E-state index in [0.717, 1.165) is 20.7 Å². The van der Waals surface area contributed by atoms with Gasteiger partial charge in [0.15, 0.2) is 0 Å². The number of thioether (sulfide) groups is 1. The largest absolute Gasteiger partial charge is 0.333 e. The summed E-state index contributed by atoms with van der Waals surface area (Å²) < 4.78 is 14.0. The van der Waals surface area contributed by atoms with Crippen LogP contribution >= 0.6 is 23.1 Å². The van der Waals surface area contributed by atoms with Gasteiger partial charge in [-0.25, -0.2) is 19.2 Å². The maximum Gasteiger partial charge on any atom is 0.321 e. The molecule has 0 radical (unpaired) electrons. The number of carbonyl (C=O) groups excluding carboxylic acids is 2. The monoisotopic (exact) mass is 418 g/mol. The Labute approximate surface area is 170 Å². The van der Waals surface area contributed by atoms with Crippen LogP contribution < -0.4 is 10.6 Å². The van der Waals surface area contributed by atoms with Crippen LogP contribution in [-0.2, 0) is 4.79 Å². The molecule has 0 saturated heterocycles. The third-order valence-corrected chi connectivity index (χ3v) is 5.79. The lowest BCUT2D eigenvalue weighted by Gasteiger charge is -2.20. The van der Waals surface area contributed by atoms with Crippen molar-refractivity contribution in [2.45, 2.75) is 31.3 Å². The van der Waals surface area contributed by atoms with Crippen LogP contribution in [0.4, 0.5) is 9.18 Å². The summed E-state index contributed by atoms with van der Waals surface area (Å²) in [5, 5.41) is 5.64. The third-order valence-electron chi connectivity index (χ3n) is 3.49. The first kappa shape index (κ1) is 20.2. The van der Waals surface area contributed by atoms with Crippen molar-refractivity contribution in [2.24, 2.45) is 0 Å². The van der Waals surface area contributed by atoms with Gasteiger partial charge in [-0.3, -0.25) is 10.1 Å². The summed E-state index contributed by atoms with van der Waals surface area (Å²) in [7, 11) is 0. The predicted octanol–water partition coefficient (Wildman–Crippen LogP) is 4.21. The van der Waals surface area contributed by atoms with Crippen molar-refractivity contribution < 1.29 is 14.0 Å². The summed E-state index contributed by atoms with van der Waals surface area (Å²) in [6.07, 6.45) is 1.44. The molecule has 0 aliphatic heterocycles. The highest BCUT2D eigenvalue weighted by Gasteiger charge is 2.17. The summed E-state index contributed by atoms with van der Waals surface area (Å²) in [5.41, 5.74) is 1.22. The van der Waals surface area contributed by atoms with Crippen LogP contribution in [-0.4, -0.2) is 33.2 Å². The Bertz CT molecular complexity index is 1010. The summed E-state index contributed by atoms with van der Waals surface area (Å²) in [5.74, 6) is -0.649. The molecule has 2 heterocycles. The fourth-order valence-corrected chi connectivity index (χ4v) is 4.36. The average Bonchev–Trinajstić information content (AvgIpc) is 3.03. The van der Waals surface area contributed by atoms with Gasteiger partial charge in [0.1, 0.15) is 17.2 Å². The molecule has 0 atom stereocenters. The fourth-order valence-electron chi connectivity index (χ4n) is 2.36. The number of imide groups is 1. The number of nitrogens with one attached hydrogen (secondary N) is 2. The predicted molar refractivity (Wildman–Crippen MR) is 110 cm³/mol. The number of hydrogen-bond donors (Lipinski definition) is 2. The van der Waals surface area contributed by atoms with E-state index in [4.69, 9.17) is 0 Å². The molecule has 0 aliphatic rings. The van der Waals surface area contributed by atoms with Gasteiger partial charge in [-0.15, -0.1) is 11.3 Å². The van der Waals surface area contributed by atoms with E-state index >= 15 is 0 Å². The van der Waals surface area contributed by atoms with E-state index in [1.54, 1.807) is 12.1 Å². The Balaban J connectivity index is 1.70. The molecule has 0 saturated carbocycles. The molecular weight excluding hydrogens is 399 g/mol. The van der Waals surface area contributed by atoms with E-state index in [0.29, 0.717) is 5.03 Å². The van der Waals surface area contributed by atoms with Gasteiger partial charge in [0.25, 0.3) is 0 Å². The van der Waals surface area contributed by atoms with Crippen LogP contribution in [0, 0.1) is 5.82 Å². The maximum atomic E-state index is 13.1. The van der Waals surface area contributed by atoms with Gasteiger partial charge < -0.3 is 5.32 Å². The van der Waals surface area contributed by atoms with Crippen molar-refractivity contribution in [3.05, 3.63) is 42.5 Å². The molecule has 28 heavy (non-hydrogen) atoms. The maximum absolute atomic E-state index is 13.1. The number of rotatable bonds is 4. The highest BCUT2D eigenvalue weighted by molar-refractivity contribution is 8.00. The molecule has 0 spiro atoms. The van der Waals surface area contributed by atoms with Gasteiger partial charge in [0.2, 0.25) is 5.91 Å². The number of nitrogens with zero attached hydrogens (tertiary/aromatic N) is 2. The minimum Gasteiger partial charge on any atom is -0.333 e. The van der Waals surface area contributed by atoms with Crippen LogP contribution in [0.3, 0.4) is 0 Å². The highest BCUT2D eigenvalue weighted by atomic mass is 32.2. The molecule has 9 heteroatoms. The van der Waals surface area contributed by atoms with Crippen molar-refractivity contribution in [1.29, 1.82) is 0 Å². The van der Waals surface area contributed by atoms with Crippen molar-refractivity contribution in [2.75, 3.05) is 5.75 Å². The van der Waals surface area contributed by atoms with E-state index in [-0.39, 0.29) is 11.6 Å².